The standard InChI is InChI=1S/C15H18N4OS/c1-18-14(4-6-16-18)10-8-11-2-3-12(9-10)19(11)15(20)13-5-7-21-17-13/h4-7,10-12H,2-3,8-9H2,1H3/t10?,11-,12+. The summed E-state index contributed by atoms with van der Waals surface area (Å²) in [4.78, 5) is 14.7. The lowest BCUT2D eigenvalue weighted by atomic mass is 9.88. The highest BCUT2D eigenvalue weighted by atomic mass is 32.1. The topological polar surface area (TPSA) is 51.0 Å². The molecule has 4 rings (SSSR count). The highest BCUT2D eigenvalue weighted by Gasteiger charge is 2.44. The molecule has 0 spiro atoms. The van der Waals surface area contributed by atoms with E-state index in [2.05, 4.69) is 20.4 Å². The van der Waals surface area contributed by atoms with Gasteiger partial charge in [-0.05, 0) is 49.3 Å². The minimum atomic E-state index is 0.118. The van der Waals surface area contributed by atoms with Crippen molar-refractivity contribution in [3.8, 4) is 0 Å². The Morgan fingerprint density at radius 1 is 1.29 bits per heavy atom. The Morgan fingerprint density at radius 2 is 2.05 bits per heavy atom. The van der Waals surface area contributed by atoms with E-state index in [-0.39, 0.29) is 5.91 Å². The quantitative estimate of drug-likeness (QED) is 0.856. The fourth-order valence-electron chi connectivity index (χ4n) is 3.99. The van der Waals surface area contributed by atoms with Crippen LogP contribution in [0.5, 0.6) is 0 Å². The van der Waals surface area contributed by atoms with Crippen LogP contribution in [-0.2, 0) is 7.05 Å². The fourth-order valence-corrected chi connectivity index (χ4v) is 4.49. The molecule has 2 aliphatic rings. The Balaban J connectivity index is 1.57. The maximum Gasteiger partial charge on any atom is 0.274 e. The monoisotopic (exact) mass is 302 g/mol. The predicted octanol–water partition coefficient (Wildman–Crippen LogP) is 2.43. The van der Waals surface area contributed by atoms with Gasteiger partial charge in [-0.3, -0.25) is 9.48 Å². The maximum absolute atomic E-state index is 12.6. The smallest absolute Gasteiger partial charge is 0.274 e. The van der Waals surface area contributed by atoms with Crippen LogP contribution in [0, 0.1) is 0 Å². The Labute approximate surface area is 127 Å². The summed E-state index contributed by atoms with van der Waals surface area (Å²) < 4.78 is 6.18. The molecule has 2 fully saturated rings. The molecule has 0 radical (unpaired) electrons. The van der Waals surface area contributed by atoms with Gasteiger partial charge in [0, 0.05) is 42.3 Å². The van der Waals surface area contributed by atoms with Gasteiger partial charge >= 0.3 is 0 Å². The molecule has 2 aliphatic heterocycles. The van der Waals surface area contributed by atoms with Crippen molar-refractivity contribution in [1.29, 1.82) is 0 Å². The average Bonchev–Trinajstić information content (AvgIpc) is 3.19. The molecule has 5 nitrogen and oxygen atoms in total. The summed E-state index contributed by atoms with van der Waals surface area (Å²) in [6.45, 7) is 0. The number of amides is 1. The van der Waals surface area contributed by atoms with Gasteiger partial charge in [0.05, 0.1) is 0 Å². The van der Waals surface area contributed by atoms with Gasteiger partial charge in [-0.25, -0.2) is 0 Å². The van der Waals surface area contributed by atoms with Crippen LogP contribution in [0.4, 0.5) is 0 Å². The third-order valence-corrected chi connectivity index (χ3v) is 5.46. The second kappa shape index (κ2) is 4.94. The van der Waals surface area contributed by atoms with Gasteiger partial charge in [-0.15, -0.1) is 0 Å². The van der Waals surface area contributed by atoms with Crippen molar-refractivity contribution in [3.05, 3.63) is 35.1 Å². The number of aryl methyl sites for hydroxylation is 1. The summed E-state index contributed by atoms with van der Waals surface area (Å²) in [6.07, 6.45) is 6.20. The Morgan fingerprint density at radius 3 is 2.62 bits per heavy atom. The van der Waals surface area contributed by atoms with Crippen LogP contribution in [0.3, 0.4) is 0 Å². The first-order valence-electron chi connectivity index (χ1n) is 7.45. The molecule has 1 amide bonds. The largest absolute Gasteiger partial charge is 0.331 e. The van der Waals surface area contributed by atoms with Crippen LogP contribution in [0.25, 0.3) is 0 Å². The van der Waals surface area contributed by atoms with E-state index in [9.17, 15) is 4.79 Å². The summed E-state index contributed by atoms with van der Waals surface area (Å²) >= 11 is 1.35. The van der Waals surface area contributed by atoms with E-state index < -0.39 is 0 Å². The highest BCUT2D eigenvalue weighted by Crippen LogP contribution is 2.43. The Bertz CT molecular complexity index is 636. The number of fused-ring (bicyclic) bond motifs is 2. The van der Waals surface area contributed by atoms with Crippen molar-refractivity contribution in [2.75, 3.05) is 0 Å². The van der Waals surface area contributed by atoms with E-state index in [1.165, 1.54) is 17.2 Å². The lowest BCUT2D eigenvalue weighted by molar-refractivity contribution is 0.0563. The zero-order valence-electron chi connectivity index (χ0n) is 12.0. The van der Waals surface area contributed by atoms with Gasteiger partial charge in [-0.2, -0.15) is 9.47 Å². The van der Waals surface area contributed by atoms with Crippen LogP contribution in [-0.4, -0.2) is 37.0 Å². The van der Waals surface area contributed by atoms with Crippen LogP contribution in [0.1, 0.15) is 47.8 Å². The molecule has 2 aromatic rings. The molecule has 1 unspecified atom stereocenters. The van der Waals surface area contributed by atoms with E-state index in [4.69, 9.17) is 0 Å². The first-order valence-corrected chi connectivity index (χ1v) is 8.28. The van der Waals surface area contributed by atoms with Crippen LogP contribution in [0.2, 0.25) is 0 Å². The molecule has 4 heterocycles. The molecule has 0 aliphatic carbocycles. The number of hydrogen-bond donors (Lipinski definition) is 0. The van der Waals surface area contributed by atoms with E-state index >= 15 is 0 Å². The van der Waals surface area contributed by atoms with Crippen LogP contribution < -0.4 is 0 Å². The third-order valence-electron chi connectivity index (χ3n) is 4.90. The van der Waals surface area contributed by atoms with E-state index in [1.54, 1.807) is 0 Å². The molecule has 6 heteroatoms. The minimum Gasteiger partial charge on any atom is -0.331 e. The summed E-state index contributed by atoms with van der Waals surface area (Å²) in [5.74, 6) is 0.640. The zero-order chi connectivity index (χ0) is 14.4. The summed E-state index contributed by atoms with van der Waals surface area (Å²) in [5.41, 5.74) is 1.91. The van der Waals surface area contributed by atoms with Gasteiger partial charge in [0.25, 0.3) is 5.91 Å². The van der Waals surface area contributed by atoms with Gasteiger partial charge in [-0.1, -0.05) is 0 Å². The van der Waals surface area contributed by atoms with E-state index in [0.29, 0.717) is 23.7 Å². The van der Waals surface area contributed by atoms with Gasteiger partial charge in [0.15, 0.2) is 0 Å². The second-order valence-corrected chi connectivity index (χ2v) is 6.70. The molecule has 21 heavy (non-hydrogen) atoms. The van der Waals surface area contributed by atoms with Crippen molar-refractivity contribution < 1.29 is 4.79 Å². The SMILES string of the molecule is Cn1nccc1C1C[C@H]2CC[C@@H](C1)N2C(=O)c1ccsn1. The van der Waals surface area contributed by atoms with Crippen molar-refractivity contribution >= 4 is 17.4 Å². The number of carbonyl (C=O) groups is 1. The van der Waals surface area contributed by atoms with Crippen molar-refractivity contribution in [2.45, 2.75) is 43.7 Å². The van der Waals surface area contributed by atoms with Gasteiger partial charge < -0.3 is 4.90 Å². The molecular weight excluding hydrogens is 284 g/mol. The predicted molar refractivity (Wildman–Crippen MR) is 80.3 cm³/mol. The Hall–Kier alpha value is -1.69. The molecule has 0 aromatic carbocycles. The molecule has 110 valence electrons. The van der Waals surface area contributed by atoms with E-state index in [1.807, 2.05) is 29.4 Å². The Kier molecular flexibility index (Phi) is 3.06. The minimum absolute atomic E-state index is 0.118. The molecule has 0 N–H and O–H groups in total. The van der Waals surface area contributed by atoms with E-state index in [0.717, 1.165) is 25.7 Å². The number of aromatic nitrogens is 3. The van der Waals surface area contributed by atoms with Crippen molar-refractivity contribution in [1.82, 2.24) is 19.1 Å². The number of nitrogens with zero attached hydrogens (tertiary/aromatic N) is 4. The second-order valence-electron chi connectivity index (χ2n) is 6.03. The third kappa shape index (κ3) is 2.09. The molecule has 3 atom stereocenters. The summed E-state index contributed by atoms with van der Waals surface area (Å²) in [7, 11) is 2.00. The number of piperidine rings is 1. The number of carbonyl (C=O) groups excluding carboxylic acids is 1. The zero-order valence-corrected chi connectivity index (χ0v) is 12.8. The first kappa shape index (κ1) is 13.0. The van der Waals surface area contributed by atoms with Crippen LogP contribution in [0.15, 0.2) is 23.7 Å². The average molecular weight is 302 g/mol. The fraction of sp³-hybridized carbons (Fsp3) is 0.533. The number of hydrogen-bond acceptors (Lipinski definition) is 4. The van der Waals surface area contributed by atoms with Crippen LogP contribution >= 0.6 is 11.5 Å². The lowest BCUT2D eigenvalue weighted by Crippen LogP contribution is -2.46. The maximum atomic E-state index is 12.6. The molecule has 2 saturated heterocycles. The summed E-state index contributed by atoms with van der Waals surface area (Å²) in [5, 5.41) is 6.16. The molecular formula is C15H18N4OS. The highest BCUT2D eigenvalue weighted by molar-refractivity contribution is 7.03. The number of rotatable bonds is 2. The van der Waals surface area contributed by atoms with Gasteiger partial charge in [0.1, 0.15) is 5.69 Å². The lowest BCUT2D eigenvalue weighted by Gasteiger charge is -2.38. The molecule has 0 saturated carbocycles. The molecule has 2 bridgehead atoms. The van der Waals surface area contributed by atoms with Crippen molar-refractivity contribution in [2.24, 2.45) is 7.05 Å². The van der Waals surface area contributed by atoms with Crippen molar-refractivity contribution in [3.63, 3.8) is 0 Å². The van der Waals surface area contributed by atoms with Gasteiger partial charge in [0.2, 0.25) is 0 Å². The normalized spacial score (nSPS) is 28.0. The molecule has 2 aromatic heterocycles. The summed E-state index contributed by atoms with van der Waals surface area (Å²) in [6, 6.07) is 4.66. The first-order chi connectivity index (χ1) is 10.2.